The summed E-state index contributed by atoms with van der Waals surface area (Å²) in [7, 11) is 0. The first kappa shape index (κ1) is 18.4. The average Bonchev–Trinajstić information content (AvgIpc) is 3.43. The lowest BCUT2D eigenvalue weighted by Gasteiger charge is -2.16. The van der Waals surface area contributed by atoms with Gasteiger partial charge in [0, 0.05) is 30.9 Å². The van der Waals surface area contributed by atoms with Gasteiger partial charge >= 0.3 is 0 Å². The number of pyridine rings is 1. The van der Waals surface area contributed by atoms with Crippen LogP contribution in [0.1, 0.15) is 36.0 Å². The summed E-state index contributed by atoms with van der Waals surface area (Å²) in [5, 5.41) is 5.67. The Kier molecular flexibility index (Phi) is 5.53. The normalized spacial score (nSPS) is 18.9. The SMILES string of the molecule is O=C(Nc1ccc(N2CCCC2)nc1)c1cccc(NC(=O)C2CCCO2)c1. The van der Waals surface area contributed by atoms with E-state index in [1.165, 1.54) is 12.8 Å². The Morgan fingerprint density at radius 2 is 1.89 bits per heavy atom. The van der Waals surface area contributed by atoms with Crippen molar-refractivity contribution in [3.05, 3.63) is 48.2 Å². The molecule has 146 valence electrons. The van der Waals surface area contributed by atoms with E-state index in [9.17, 15) is 9.59 Å². The maximum atomic E-state index is 12.6. The molecule has 2 fully saturated rings. The second kappa shape index (κ2) is 8.39. The van der Waals surface area contributed by atoms with E-state index in [2.05, 4.69) is 20.5 Å². The summed E-state index contributed by atoms with van der Waals surface area (Å²) in [6.45, 7) is 2.68. The summed E-state index contributed by atoms with van der Waals surface area (Å²) in [6.07, 6.45) is 5.28. The van der Waals surface area contributed by atoms with E-state index < -0.39 is 6.10 Å². The largest absolute Gasteiger partial charge is 0.368 e. The standard InChI is InChI=1S/C21H24N4O3/c26-20(24-17-8-9-19(22-14-17)25-10-1-2-11-25)15-5-3-6-16(13-15)23-21(27)18-7-4-12-28-18/h3,5-6,8-9,13-14,18H,1-2,4,7,10-12H2,(H,23,27)(H,24,26). The van der Waals surface area contributed by atoms with Gasteiger partial charge < -0.3 is 20.3 Å². The van der Waals surface area contributed by atoms with Gasteiger partial charge in [-0.25, -0.2) is 4.98 Å². The molecule has 0 saturated carbocycles. The number of hydrogen-bond donors (Lipinski definition) is 2. The summed E-state index contributed by atoms with van der Waals surface area (Å²) in [4.78, 5) is 31.4. The van der Waals surface area contributed by atoms with Crippen LogP contribution in [0.5, 0.6) is 0 Å². The van der Waals surface area contributed by atoms with Crippen LogP contribution in [0.25, 0.3) is 0 Å². The molecule has 2 N–H and O–H groups in total. The molecule has 0 radical (unpaired) electrons. The van der Waals surface area contributed by atoms with E-state index in [0.29, 0.717) is 23.5 Å². The highest BCUT2D eigenvalue weighted by molar-refractivity contribution is 6.05. The van der Waals surface area contributed by atoms with Gasteiger partial charge in [0.2, 0.25) is 0 Å². The van der Waals surface area contributed by atoms with Crippen molar-refractivity contribution in [2.75, 3.05) is 35.2 Å². The number of nitrogens with one attached hydrogen (secondary N) is 2. The number of hydrogen-bond acceptors (Lipinski definition) is 5. The molecule has 28 heavy (non-hydrogen) atoms. The minimum absolute atomic E-state index is 0.170. The summed E-state index contributed by atoms with van der Waals surface area (Å²) >= 11 is 0. The number of benzene rings is 1. The third-order valence-corrected chi connectivity index (χ3v) is 5.05. The molecule has 2 amide bonds. The molecule has 1 aromatic carbocycles. The van der Waals surface area contributed by atoms with Crippen LogP contribution in [-0.2, 0) is 9.53 Å². The lowest BCUT2D eigenvalue weighted by atomic mass is 10.1. The van der Waals surface area contributed by atoms with Crippen LogP contribution in [-0.4, -0.2) is 42.6 Å². The van der Waals surface area contributed by atoms with E-state index in [0.717, 1.165) is 31.7 Å². The predicted octanol–water partition coefficient (Wildman–Crippen LogP) is 3.05. The van der Waals surface area contributed by atoms with Gasteiger partial charge in [0.25, 0.3) is 11.8 Å². The third kappa shape index (κ3) is 4.31. The van der Waals surface area contributed by atoms with Crippen LogP contribution in [0.3, 0.4) is 0 Å². The van der Waals surface area contributed by atoms with Crippen molar-refractivity contribution >= 4 is 29.0 Å². The smallest absolute Gasteiger partial charge is 0.255 e. The number of aromatic nitrogens is 1. The first-order chi connectivity index (χ1) is 13.7. The predicted molar refractivity (Wildman–Crippen MR) is 108 cm³/mol. The van der Waals surface area contributed by atoms with Crippen molar-refractivity contribution in [1.82, 2.24) is 4.98 Å². The number of carbonyl (C=O) groups is 2. The monoisotopic (exact) mass is 380 g/mol. The molecule has 2 aliphatic rings. The molecule has 0 aliphatic carbocycles. The molecular formula is C21H24N4O3. The van der Waals surface area contributed by atoms with E-state index in [1.807, 2.05) is 12.1 Å². The highest BCUT2D eigenvalue weighted by atomic mass is 16.5. The van der Waals surface area contributed by atoms with Gasteiger partial charge in [0.1, 0.15) is 11.9 Å². The molecule has 4 rings (SSSR count). The quantitative estimate of drug-likeness (QED) is 0.833. The second-order valence-electron chi connectivity index (χ2n) is 7.13. The zero-order valence-electron chi connectivity index (χ0n) is 15.7. The van der Waals surface area contributed by atoms with E-state index in [-0.39, 0.29) is 11.8 Å². The van der Waals surface area contributed by atoms with Crippen molar-refractivity contribution in [2.45, 2.75) is 31.8 Å². The molecule has 0 bridgehead atoms. The summed E-state index contributed by atoms with van der Waals surface area (Å²) < 4.78 is 5.39. The topological polar surface area (TPSA) is 83.6 Å². The average molecular weight is 380 g/mol. The van der Waals surface area contributed by atoms with Crippen LogP contribution >= 0.6 is 0 Å². The Morgan fingerprint density at radius 3 is 2.61 bits per heavy atom. The summed E-state index contributed by atoms with van der Waals surface area (Å²) in [5.74, 6) is 0.523. The van der Waals surface area contributed by atoms with Crippen molar-refractivity contribution in [3.63, 3.8) is 0 Å². The third-order valence-electron chi connectivity index (χ3n) is 5.05. The van der Waals surface area contributed by atoms with Crippen molar-refractivity contribution in [1.29, 1.82) is 0 Å². The Morgan fingerprint density at radius 1 is 1.04 bits per heavy atom. The maximum Gasteiger partial charge on any atom is 0.255 e. The summed E-state index contributed by atoms with van der Waals surface area (Å²) in [6, 6.07) is 10.7. The summed E-state index contributed by atoms with van der Waals surface area (Å²) in [5.41, 5.74) is 1.69. The lowest BCUT2D eigenvalue weighted by molar-refractivity contribution is -0.124. The number of nitrogens with zero attached hydrogens (tertiary/aromatic N) is 2. The molecule has 1 aromatic heterocycles. The Hall–Kier alpha value is -2.93. The minimum Gasteiger partial charge on any atom is -0.368 e. The van der Waals surface area contributed by atoms with Crippen LogP contribution in [0.2, 0.25) is 0 Å². The van der Waals surface area contributed by atoms with Gasteiger partial charge in [-0.3, -0.25) is 9.59 Å². The number of amides is 2. The fourth-order valence-electron chi connectivity index (χ4n) is 3.54. The van der Waals surface area contributed by atoms with Gasteiger partial charge in [-0.2, -0.15) is 0 Å². The van der Waals surface area contributed by atoms with E-state index in [1.54, 1.807) is 30.5 Å². The molecule has 7 nitrogen and oxygen atoms in total. The van der Waals surface area contributed by atoms with Gasteiger partial charge in [-0.05, 0) is 56.0 Å². The number of rotatable bonds is 5. The van der Waals surface area contributed by atoms with E-state index >= 15 is 0 Å². The van der Waals surface area contributed by atoms with Crippen LogP contribution in [0.15, 0.2) is 42.6 Å². The van der Waals surface area contributed by atoms with E-state index in [4.69, 9.17) is 4.74 Å². The maximum absolute atomic E-state index is 12.6. The Labute approximate surface area is 164 Å². The van der Waals surface area contributed by atoms with Crippen LogP contribution < -0.4 is 15.5 Å². The molecule has 7 heteroatoms. The molecule has 1 unspecified atom stereocenters. The zero-order valence-corrected chi connectivity index (χ0v) is 15.7. The molecule has 1 atom stereocenters. The van der Waals surface area contributed by atoms with Gasteiger partial charge in [0.05, 0.1) is 11.9 Å². The Balaban J connectivity index is 1.38. The fraction of sp³-hybridized carbons (Fsp3) is 0.381. The van der Waals surface area contributed by atoms with Crippen molar-refractivity contribution in [3.8, 4) is 0 Å². The number of carbonyl (C=O) groups excluding carboxylic acids is 2. The van der Waals surface area contributed by atoms with Crippen LogP contribution in [0, 0.1) is 0 Å². The van der Waals surface area contributed by atoms with Crippen molar-refractivity contribution < 1.29 is 14.3 Å². The van der Waals surface area contributed by atoms with Crippen LogP contribution in [0.4, 0.5) is 17.2 Å². The highest BCUT2D eigenvalue weighted by Gasteiger charge is 2.23. The minimum atomic E-state index is -0.405. The van der Waals surface area contributed by atoms with Gasteiger partial charge in [-0.1, -0.05) is 6.07 Å². The molecular weight excluding hydrogens is 356 g/mol. The molecule has 0 spiro atoms. The molecule has 3 heterocycles. The first-order valence-electron chi connectivity index (χ1n) is 9.74. The number of ether oxygens (including phenoxy) is 1. The fourth-order valence-corrected chi connectivity index (χ4v) is 3.54. The van der Waals surface area contributed by atoms with Crippen molar-refractivity contribution in [2.24, 2.45) is 0 Å². The number of anilines is 3. The van der Waals surface area contributed by atoms with Gasteiger partial charge in [-0.15, -0.1) is 0 Å². The molecule has 2 saturated heterocycles. The lowest BCUT2D eigenvalue weighted by Crippen LogP contribution is -2.27. The first-order valence-corrected chi connectivity index (χ1v) is 9.74. The highest BCUT2D eigenvalue weighted by Crippen LogP contribution is 2.20. The molecule has 2 aliphatic heterocycles. The van der Waals surface area contributed by atoms with Gasteiger partial charge in [0.15, 0.2) is 0 Å². The molecule has 2 aromatic rings. The Bertz CT molecular complexity index is 841. The second-order valence-corrected chi connectivity index (χ2v) is 7.13. The zero-order chi connectivity index (χ0) is 19.3.